The lowest BCUT2D eigenvalue weighted by Crippen LogP contribution is -2.52. The van der Waals surface area contributed by atoms with Crippen LogP contribution >= 0.6 is 35.3 Å². The highest BCUT2D eigenvalue weighted by Gasteiger charge is 2.20. The second-order valence-corrected chi connectivity index (χ2v) is 7.10. The summed E-state index contributed by atoms with van der Waals surface area (Å²) in [6.45, 7) is 8.67. The van der Waals surface area contributed by atoms with E-state index in [1.807, 2.05) is 25.4 Å². The molecule has 1 aliphatic rings. The van der Waals surface area contributed by atoms with E-state index in [0.29, 0.717) is 0 Å². The van der Waals surface area contributed by atoms with Crippen molar-refractivity contribution in [3.8, 4) is 0 Å². The van der Waals surface area contributed by atoms with Crippen molar-refractivity contribution in [3.63, 3.8) is 0 Å². The maximum Gasteiger partial charge on any atom is 0.194 e. The predicted octanol–water partition coefficient (Wildman–Crippen LogP) is 2.67. The van der Waals surface area contributed by atoms with Gasteiger partial charge in [-0.1, -0.05) is 6.07 Å². The van der Waals surface area contributed by atoms with Crippen molar-refractivity contribution in [1.82, 2.24) is 20.2 Å². The van der Waals surface area contributed by atoms with Crippen LogP contribution in [0.5, 0.6) is 0 Å². The van der Waals surface area contributed by atoms with Crippen LogP contribution in [0.3, 0.4) is 0 Å². The molecule has 0 amide bonds. The summed E-state index contributed by atoms with van der Waals surface area (Å²) < 4.78 is 0. The SMILES string of the molecule is CN=C(NCc1nc(C)c(C)s1)N1CCN(c2ccccn2)CC1.I. The molecular formula is C17H25IN6S. The predicted molar refractivity (Wildman–Crippen MR) is 115 cm³/mol. The first-order chi connectivity index (χ1) is 11.7. The molecule has 0 bridgehead atoms. The summed E-state index contributed by atoms with van der Waals surface area (Å²) in [7, 11) is 1.84. The average molecular weight is 472 g/mol. The van der Waals surface area contributed by atoms with Crippen LogP contribution in [0.15, 0.2) is 29.4 Å². The number of nitrogens with zero attached hydrogens (tertiary/aromatic N) is 5. The molecule has 0 unspecified atom stereocenters. The number of rotatable bonds is 3. The minimum atomic E-state index is 0. The molecule has 0 saturated carbocycles. The van der Waals surface area contributed by atoms with Crippen LogP contribution in [0, 0.1) is 13.8 Å². The molecule has 2 aromatic rings. The number of aryl methyl sites for hydroxylation is 2. The van der Waals surface area contributed by atoms with Crippen LogP contribution in [-0.4, -0.2) is 54.1 Å². The standard InChI is InChI=1S/C17H24N6S.HI/c1-13-14(2)24-16(21-13)12-20-17(18-3)23-10-8-22(9-11-23)15-6-4-5-7-19-15;/h4-7H,8-12H2,1-3H3,(H,18,20);1H. The molecular weight excluding hydrogens is 447 g/mol. The Kier molecular flexibility index (Phi) is 7.42. The number of nitrogens with one attached hydrogen (secondary N) is 1. The lowest BCUT2D eigenvalue weighted by atomic mass is 10.3. The van der Waals surface area contributed by atoms with Gasteiger partial charge in [0.05, 0.1) is 12.2 Å². The molecule has 6 nitrogen and oxygen atoms in total. The van der Waals surface area contributed by atoms with Gasteiger partial charge in [0.2, 0.25) is 0 Å². The van der Waals surface area contributed by atoms with Gasteiger partial charge in [-0.05, 0) is 26.0 Å². The van der Waals surface area contributed by atoms with E-state index in [-0.39, 0.29) is 24.0 Å². The van der Waals surface area contributed by atoms with Gasteiger partial charge in [0.25, 0.3) is 0 Å². The average Bonchev–Trinajstić information content (AvgIpc) is 2.95. The Morgan fingerprint density at radius 1 is 1.24 bits per heavy atom. The fourth-order valence-electron chi connectivity index (χ4n) is 2.79. The van der Waals surface area contributed by atoms with Gasteiger partial charge in [-0.2, -0.15) is 0 Å². The van der Waals surface area contributed by atoms with Crippen LogP contribution < -0.4 is 10.2 Å². The molecule has 1 N–H and O–H groups in total. The van der Waals surface area contributed by atoms with E-state index in [1.165, 1.54) is 4.88 Å². The van der Waals surface area contributed by atoms with Gasteiger partial charge in [-0.15, -0.1) is 35.3 Å². The lowest BCUT2D eigenvalue weighted by Gasteiger charge is -2.37. The largest absolute Gasteiger partial charge is 0.353 e. The minimum absolute atomic E-state index is 0. The Morgan fingerprint density at radius 3 is 2.56 bits per heavy atom. The molecule has 3 rings (SSSR count). The molecule has 0 radical (unpaired) electrons. The van der Waals surface area contributed by atoms with Crippen molar-refractivity contribution in [2.75, 3.05) is 38.1 Å². The highest BCUT2D eigenvalue weighted by Crippen LogP contribution is 2.16. The first kappa shape index (κ1) is 19.9. The number of thiazole rings is 1. The number of aromatic nitrogens is 2. The van der Waals surface area contributed by atoms with Crippen LogP contribution in [0.1, 0.15) is 15.6 Å². The quantitative estimate of drug-likeness (QED) is 0.423. The van der Waals surface area contributed by atoms with Crippen molar-refractivity contribution < 1.29 is 0 Å². The van der Waals surface area contributed by atoms with Gasteiger partial charge in [0.15, 0.2) is 5.96 Å². The topological polar surface area (TPSA) is 56.7 Å². The summed E-state index contributed by atoms with van der Waals surface area (Å²) in [6.07, 6.45) is 1.85. The molecule has 0 aromatic carbocycles. The lowest BCUT2D eigenvalue weighted by molar-refractivity contribution is 0.371. The number of halogens is 1. The summed E-state index contributed by atoms with van der Waals surface area (Å²) in [5.74, 6) is 2.00. The molecule has 2 aromatic heterocycles. The highest BCUT2D eigenvalue weighted by atomic mass is 127. The third-order valence-electron chi connectivity index (χ3n) is 4.23. The van der Waals surface area contributed by atoms with E-state index >= 15 is 0 Å². The summed E-state index contributed by atoms with van der Waals surface area (Å²) in [6, 6.07) is 6.05. The zero-order valence-electron chi connectivity index (χ0n) is 14.9. The molecule has 1 aliphatic heterocycles. The molecule has 136 valence electrons. The van der Waals surface area contributed by atoms with Gasteiger partial charge in [0.1, 0.15) is 10.8 Å². The number of guanidine groups is 1. The Labute approximate surface area is 170 Å². The van der Waals surface area contributed by atoms with Gasteiger partial charge >= 0.3 is 0 Å². The Hall–Kier alpha value is -1.42. The van der Waals surface area contributed by atoms with Crippen molar-refractivity contribution in [1.29, 1.82) is 0 Å². The third kappa shape index (κ3) is 5.04. The second kappa shape index (κ2) is 9.33. The Morgan fingerprint density at radius 2 is 2.00 bits per heavy atom. The fourth-order valence-corrected chi connectivity index (χ4v) is 3.66. The number of hydrogen-bond acceptors (Lipinski definition) is 5. The van der Waals surface area contributed by atoms with Crippen LogP contribution in [-0.2, 0) is 6.54 Å². The molecule has 3 heterocycles. The van der Waals surface area contributed by atoms with E-state index < -0.39 is 0 Å². The van der Waals surface area contributed by atoms with Crippen molar-refractivity contribution >= 4 is 47.1 Å². The van der Waals surface area contributed by atoms with E-state index in [0.717, 1.165) is 55.2 Å². The third-order valence-corrected chi connectivity index (χ3v) is 5.31. The monoisotopic (exact) mass is 472 g/mol. The smallest absolute Gasteiger partial charge is 0.194 e. The van der Waals surface area contributed by atoms with E-state index in [2.05, 4.69) is 50.0 Å². The molecule has 0 atom stereocenters. The first-order valence-corrected chi connectivity index (χ1v) is 9.03. The fraction of sp³-hybridized carbons (Fsp3) is 0.471. The zero-order chi connectivity index (χ0) is 16.9. The number of hydrogen-bond donors (Lipinski definition) is 1. The van der Waals surface area contributed by atoms with Crippen LogP contribution in [0.2, 0.25) is 0 Å². The zero-order valence-corrected chi connectivity index (χ0v) is 18.0. The minimum Gasteiger partial charge on any atom is -0.353 e. The van der Waals surface area contributed by atoms with Crippen molar-refractivity contribution in [2.45, 2.75) is 20.4 Å². The summed E-state index contributed by atoms with van der Waals surface area (Å²) in [5.41, 5.74) is 1.12. The molecule has 1 fully saturated rings. The maximum absolute atomic E-state index is 4.58. The Balaban J connectivity index is 0.00000225. The van der Waals surface area contributed by atoms with Crippen molar-refractivity contribution in [2.24, 2.45) is 4.99 Å². The molecule has 8 heteroatoms. The molecule has 1 saturated heterocycles. The first-order valence-electron chi connectivity index (χ1n) is 8.22. The number of pyridine rings is 1. The van der Waals surface area contributed by atoms with Crippen LogP contribution in [0.4, 0.5) is 5.82 Å². The Bertz CT molecular complexity index is 675. The number of aliphatic imine (C=N–C) groups is 1. The van der Waals surface area contributed by atoms with Gasteiger partial charge in [-0.3, -0.25) is 4.99 Å². The number of piperazine rings is 1. The number of anilines is 1. The van der Waals surface area contributed by atoms with Crippen LogP contribution in [0.25, 0.3) is 0 Å². The summed E-state index contributed by atoms with van der Waals surface area (Å²) >= 11 is 1.75. The van der Waals surface area contributed by atoms with E-state index in [1.54, 1.807) is 11.3 Å². The van der Waals surface area contributed by atoms with Gasteiger partial charge in [-0.25, -0.2) is 9.97 Å². The maximum atomic E-state index is 4.58. The molecule has 0 spiro atoms. The van der Waals surface area contributed by atoms with E-state index in [4.69, 9.17) is 0 Å². The highest BCUT2D eigenvalue weighted by molar-refractivity contribution is 14.0. The van der Waals surface area contributed by atoms with Crippen molar-refractivity contribution in [3.05, 3.63) is 40.0 Å². The second-order valence-electron chi connectivity index (χ2n) is 5.81. The normalized spacial score (nSPS) is 15.1. The summed E-state index contributed by atoms with van der Waals surface area (Å²) in [4.78, 5) is 19.3. The molecule has 0 aliphatic carbocycles. The van der Waals surface area contributed by atoms with Gasteiger partial charge < -0.3 is 15.1 Å². The summed E-state index contributed by atoms with van der Waals surface area (Å²) in [5, 5.41) is 4.55. The molecule has 25 heavy (non-hydrogen) atoms. The van der Waals surface area contributed by atoms with E-state index in [9.17, 15) is 0 Å². The van der Waals surface area contributed by atoms with Gasteiger partial charge in [0, 0.05) is 44.3 Å².